The standard InChI is InChI=1S/C36H52N2O8S2/c39-35(31-19-23-33(24-20-31)37(41)42)45-27-15-11-7-3-1-5-9-13-17-29-47-48-30-18-14-10-6-2-4-8-12-16-28-46-36(40)32-21-25-34(26-22-32)38(43)44/h19-26H,1-18,27-30H2. The first-order valence-electron chi connectivity index (χ1n) is 17.5. The zero-order valence-corrected chi connectivity index (χ0v) is 29.8. The molecule has 0 bridgehead atoms. The molecule has 2 rings (SSSR count). The van der Waals surface area contributed by atoms with Gasteiger partial charge in [-0.05, 0) is 49.9 Å². The van der Waals surface area contributed by atoms with Gasteiger partial charge in [0.1, 0.15) is 0 Å². The topological polar surface area (TPSA) is 139 Å². The molecule has 0 unspecified atom stereocenters. The largest absolute Gasteiger partial charge is 0.462 e. The van der Waals surface area contributed by atoms with E-state index in [1.54, 1.807) is 0 Å². The van der Waals surface area contributed by atoms with E-state index in [2.05, 4.69) is 0 Å². The van der Waals surface area contributed by atoms with Crippen LogP contribution in [0, 0.1) is 20.2 Å². The summed E-state index contributed by atoms with van der Waals surface area (Å²) in [5.41, 5.74) is 0.602. The van der Waals surface area contributed by atoms with Gasteiger partial charge in [-0.25, -0.2) is 9.59 Å². The van der Waals surface area contributed by atoms with Gasteiger partial charge < -0.3 is 9.47 Å². The number of carbonyl (C=O) groups excluding carboxylic acids is 2. The van der Waals surface area contributed by atoms with Crippen LogP contribution in [0.1, 0.15) is 136 Å². The first-order valence-corrected chi connectivity index (χ1v) is 19.9. The number of rotatable bonds is 29. The van der Waals surface area contributed by atoms with Gasteiger partial charge in [0.25, 0.3) is 11.4 Å². The Bertz CT molecular complexity index is 1100. The number of carbonyl (C=O) groups is 2. The van der Waals surface area contributed by atoms with Gasteiger partial charge in [-0.15, -0.1) is 0 Å². The highest BCUT2D eigenvalue weighted by Gasteiger charge is 2.11. The van der Waals surface area contributed by atoms with Crippen LogP contribution in [0.3, 0.4) is 0 Å². The molecule has 0 fully saturated rings. The van der Waals surface area contributed by atoms with E-state index in [4.69, 9.17) is 9.47 Å². The van der Waals surface area contributed by atoms with E-state index < -0.39 is 21.8 Å². The van der Waals surface area contributed by atoms with Gasteiger partial charge in [0.2, 0.25) is 0 Å². The van der Waals surface area contributed by atoms with Gasteiger partial charge in [0, 0.05) is 35.8 Å². The molecule has 48 heavy (non-hydrogen) atoms. The third-order valence-electron chi connectivity index (χ3n) is 7.92. The Labute approximate surface area is 293 Å². The average molecular weight is 705 g/mol. The van der Waals surface area contributed by atoms with Crippen LogP contribution in [-0.2, 0) is 9.47 Å². The van der Waals surface area contributed by atoms with Crippen LogP contribution in [0.25, 0.3) is 0 Å². The van der Waals surface area contributed by atoms with Crippen LogP contribution in [0.2, 0.25) is 0 Å². The summed E-state index contributed by atoms with van der Waals surface area (Å²) >= 11 is 0. The molecule has 0 aromatic heterocycles. The minimum Gasteiger partial charge on any atom is -0.462 e. The Morgan fingerprint density at radius 1 is 0.458 bits per heavy atom. The van der Waals surface area contributed by atoms with Crippen molar-refractivity contribution in [3.05, 3.63) is 79.9 Å². The lowest BCUT2D eigenvalue weighted by Gasteiger charge is -2.05. The Morgan fingerprint density at radius 2 is 0.729 bits per heavy atom. The minimum atomic E-state index is -0.489. The first-order chi connectivity index (χ1) is 23.4. The molecular weight excluding hydrogens is 653 g/mol. The molecule has 0 N–H and O–H groups in total. The third kappa shape index (κ3) is 19.6. The summed E-state index contributed by atoms with van der Waals surface area (Å²) in [6.45, 7) is 0.766. The molecule has 0 spiro atoms. The Balaban J connectivity index is 1.23. The molecule has 2 aromatic rings. The fourth-order valence-electron chi connectivity index (χ4n) is 5.05. The van der Waals surface area contributed by atoms with Crippen molar-refractivity contribution in [2.45, 2.75) is 116 Å². The van der Waals surface area contributed by atoms with Crippen LogP contribution in [0.15, 0.2) is 48.5 Å². The summed E-state index contributed by atoms with van der Waals surface area (Å²) < 4.78 is 10.5. The zero-order valence-electron chi connectivity index (χ0n) is 28.2. The van der Waals surface area contributed by atoms with E-state index in [1.807, 2.05) is 21.6 Å². The number of non-ortho nitro benzene ring substituents is 2. The molecule has 0 heterocycles. The molecule has 0 saturated heterocycles. The van der Waals surface area contributed by atoms with Crippen molar-refractivity contribution in [2.24, 2.45) is 0 Å². The lowest BCUT2D eigenvalue weighted by molar-refractivity contribution is -0.385. The van der Waals surface area contributed by atoms with E-state index in [9.17, 15) is 29.8 Å². The summed E-state index contributed by atoms with van der Waals surface area (Å²) in [6.07, 6.45) is 21.4. The molecule has 0 aliphatic heterocycles. The molecule has 0 atom stereocenters. The smallest absolute Gasteiger partial charge is 0.338 e. The highest BCUT2D eigenvalue weighted by atomic mass is 33.1. The van der Waals surface area contributed by atoms with Crippen molar-refractivity contribution >= 4 is 44.9 Å². The summed E-state index contributed by atoms with van der Waals surface area (Å²) in [6, 6.07) is 11.0. The van der Waals surface area contributed by atoms with Crippen molar-refractivity contribution in [2.75, 3.05) is 24.7 Å². The molecule has 266 valence electrons. The fourth-order valence-corrected chi connectivity index (χ4v) is 7.35. The van der Waals surface area contributed by atoms with E-state index >= 15 is 0 Å². The zero-order chi connectivity index (χ0) is 34.7. The van der Waals surface area contributed by atoms with Gasteiger partial charge in [0.05, 0.1) is 34.2 Å². The van der Waals surface area contributed by atoms with E-state index in [0.29, 0.717) is 24.3 Å². The van der Waals surface area contributed by atoms with E-state index in [1.165, 1.54) is 137 Å². The highest BCUT2D eigenvalue weighted by molar-refractivity contribution is 8.76. The van der Waals surface area contributed by atoms with E-state index in [-0.39, 0.29) is 11.4 Å². The van der Waals surface area contributed by atoms with Crippen LogP contribution < -0.4 is 0 Å². The second-order valence-corrected chi connectivity index (χ2v) is 14.6. The van der Waals surface area contributed by atoms with Gasteiger partial charge in [-0.3, -0.25) is 20.2 Å². The number of nitro benzene ring substituents is 2. The Hall–Kier alpha value is -3.12. The summed E-state index contributed by atoms with van der Waals surface area (Å²) in [5.74, 6) is 1.61. The van der Waals surface area contributed by atoms with Crippen molar-refractivity contribution in [1.29, 1.82) is 0 Å². The van der Waals surface area contributed by atoms with Crippen molar-refractivity contribution in [1.82, 2.24) is 0 Å². The van der Waals surface area contributed by atoms with Crippen molar-refractivity contribution < 1.29 is 28.9 Å². The summed E-state index contributed by atoms with van der Waals surface area (Å²) in [7, 11) is 4.03. The quantitative estimate of drug-likeness (QED) is 0.0264. The van der Waals surface area contributed by atoms with Gasteiger partial charge in [0.15, 0.2) is 0 Å². The van der Waals surface area contributed by atoms with Gasteiger partial charge in [-0.1, -0.05) is 111 Å². The number of esters is 2. The fraction of sp³-hybridized carbons (Fsp3) is 0.611. The minimum absolute atomic E-state index is 0.0390. The highest BCUT2D eigenvalue weighted by Crippen LogP contribution is 2.25. The molecule has 0 aliphatic rings. The van der Waals surface area contributed by atoms with E-state index in [0.717, 1.165) is 38.5 Å². The second-order valence-electron chi connectivity index (χ2n) is 11.9. The van der Waals surface area contributed by atoms with Crippen LogP contribution in [0.5, 0.6) is 0 Å². The number of hydrogen-bond acceptors (Lipinski definition) is 10. The Morgan fingerprint density at radius 3 is 1.02 bits per heavy atom. The number of benzene rings is 2. The molecule has 12 heteroatoms. The monoisotopic (exact) mass is 704 g/mol. The molecule has 0 aliphatic carbocycles. The molecule has 0 amide bonds. The number of nitro groups is 2. The molecule has 2 aromatic carbocycles. The van der Waals surface area contributed by atoms with Gasteiger partial charge >= 0.3 is 11.9 Å². The SMILES string of the molecule is O=C(OCCCCCCCCCCCSSCCCCCCCCCCCOC(=O)c1ccc([N+](=O)[O-])cc1)c1ccc([N+](=O)[O-])cc1. The van der Waals surface area contributed by atoms with Crippen molar-refractivity contribution in [3.8, 4) is 0 Å². The maximum Gasteiger partial charge on any atom is 0.338 e. The molecule has 0 radical (unpaired) electrons. The normalized spacial score (nSPS) is 10.9. The number of unbranched alkanes of at least 4 members (excludes halogenated alkanes) is 16. The maximum absolute atomic E-state index is 12.0. The number of nitrogens with zero attached hydrogens (tertiary/aromatic N) is 2. The second kappa shape index (κ2) is 26.8. The van der Waals surface area contributed by atoms with Crippen LogP contribution in [-0.4, -0.2) is 46.5 Å². The van der Waals surface area contributed by atoms with Crippen LogP contribution >= 0.6 is 21.6 Å². The van der Waals surface area contributed by atoms with Crippen molar-refractivity contribution in [3.63, 3.8) is 0 Å². The Kier molecular flexibility index (Phi) is 22.9. The summed E-state index contributed by atoms with van der Waals surface area (Å²) in [5, 5.41) is 21.4. The molecule has 0 saturated carbocycles. The molecule has 10 nitrogen and oxygen atoms in total. The predicted octanol–water partition coefficient (Wildman–Crippen LogP) is 10.9. The lowest BCUT2D eigenvalue weighted by Crippen LogP contribution is -2.06. The number of ether oxygens (including phenoxy) is 2. The van der Waals surface area contributed by atoms with Gasteiger partial charge in [-0.2, -0.15) is 0 Å². The third-order valence-corrected chi connectivity index (χ3v) is 10.5. The number of hydrogen-bond donors (Lipinski definition) is 0. The predicted molar refractivity (Wildman–Crippen MR) is 195 cm³/mol. The average Bonchev–Trinajstić information content (AvgIpc) is 3.09. The first kappa shape index (κ1) is 41.1. The molecular formula is C36H52N2O8S2. The lowest BCUT2D eigenvalue weighted by atomic mass is 10.1. The summed E-state index contributed by atoms with van der Waals surface area (Å²) in [4.78, 5) is 44.4. The maximum atomic E-state index is 12.0. The van der Waals surface area contributed by atoms with Crippen LogP contribution in [0.4, 0.5) is 11.4 Å².